The van der Waals surface area contributed by atoms with Crippen LogP contribution in [-0.4, -0.2) is 32.4 Å². The first-order valence-corrected chi connectivity index (χ1v) is 3.31. The van der Waals surface area contributed by atoms with Gasteiger partial charge >= 0.3 is 11.9 Å². The minimum absolute atomic E-state index is 0.146. The van der Waals surface area contributed by atoms with E-state index in [2.05, 4.69) is 9.47 Å². The Balaban J connectivity index is 4.08. The molecule has 0 spiro atoms. The van der Waals surface area contributed by atoms with Gasteiger partial charge < -0.3 is 14.9 Å². The number of rotatable bonds is 4. The van der Waals surface area contributed by atoms with Crippen LogP contribution in [0.5, 0.6) is 0 Å². The van der Waals surface area contributed by atoms with Crippen molar-refractivity contribution in [2.45, 2.75) is 6.42 Å². The minimum atomic E-state index is -0.831. The number of nitrogens with one attached hydrogen (secondary N) is 1. The van der Waals surface area contributed by atoms with Crippen LogP contribution in [0.25, 0.3) is 0 Å². The average Bonchev–Trinajstić information content (AvgIpc) is 2.12. The number of esters is 2. The Hall–Kier alpha value is -1.39. The third kappa shape index (κ3) is 3.14. The third-order valence-electron chi connectivity index (χ3n) is 1.32. The standard InChI is InChI=1S/C7H11NO4/c1-11-6(9)3-5(4-8)7(10)12-2/h4-5,8H,3H2,1-2H3/t5-/m0/s1. The van der Waals surface area contributed by atoms with E-state index in [1.54, 1.807) is 0 Å². The lowest BCUT2D eigenvalue weighted by Crippen LogP contribution is -2.21. The number of ether oxygens (including phenoxy) is 2. The van der Waals surface area contributed by atoms with E-state index in [0.717, 1.165) is 6.21 Å². The summed E-state index contributed by atoms with van der Waals surface area (Å²) in [6.07, 6.45) is 0.718. The van der Waals surface area contributed by atoms with Crippen molar-refractivity contribution >= 4 is 18.2 Å². The second kappa shape index (κ2) is 5.29. The maximum Gasteiger partial charge on any atom is 0.314 e. The smallest absolute Gasteiger partial charge is 0.314 e. The second-order valence-corrected chi connectivity index (χ2v) is 2.08. The van der Waals surface area contributed by atoms with Crippen molar-refractivity contribution in [2.24, 2.45) is 5.92 Å². The molecule has 0 unspecified atom stereocenters. The number of hydrogen-bond donors (Lipinski definition) is 1. The molecule has 0 bridgehead atoms. The minimum Gasteiger partial charge on any atom is -0.469 e. The van der Waals surface area contributed by atoms with Gasteiger partial charge in [-0.05, 0) is 0 Å². The number of hydrogen-bond acceptors (Lipinski definition) is 5. The highest BCUT2D eigenvalue weighted by atomic mass is 16.5. The molecule has 0 saturated heterocycles. The highest BCUT2D eigenvalue weighted by Crippen LogP contribution is 2.02. The van der Waals surface area contributed by atoms with Crippen LogP contribution in [0.4, 0.5) is 0 Å². The van der Waals surface area contributed by atoms with Crippen LogP contribution in [0.1, 0.15) is 6.42 Å². The molecule has 5 nitrogen and oxygen atoms in total. The summed E-state index contributed by atoms with van der Waals surface area (Å²) in [4.78, 5) is 21.5. The van der Waals surface area contributed by atoms with Gasteiger partial charge in [0.1, 0.15) is 5.92 Å². The van der Waals surface area contributed by atoms with Gasteiger partial charge in [0.05, 0.1) is 20.6 Å². The molecule has 0 aliphatic carbocycles. The quantitative estimate of drug-likeness (QED) is 0.479. The topological polar surface area (TPSA) is 76.5 Å². The SMILES string of the molecule is COC(=O)C[C@@H](C=N)C(=O)OC. The molecule has 68 valence electrons. The van der Waals surface area contributed by atoms with Crippen molar-refractivity contribution in [3.63, 3.8) is 0 Å². The summed E-state index contributed by atoms with van der Waals surface area (Å²) in [5.41, 5.74) is 0. The first kappa shape index (κ1) is 10.6. The molecule has 0 aromatic rings. The van der Waals surface area contributed by atoms with Gasteiger partial charge in [0.15, 0.2) is 0 Å². The van der Waals surface area contributed by atoms with Crippen molar-refractivity contribution in [1.29, 1.82) is 5.41 Å². The van der Waals surface area contributed by atoms with Crippen molar-refractivity contribution in [2.75, 3.05) is 14.2 Å². The molecule has 0 aliphatic rings. The summed E-state index contributed by atoms with van der Waals surface area (Å²) in [5, 5.41) is 6.83. The summed E-state index contributed by atoms with van der Waals surface area (Å²) >= 11 is 0. The molecule has 0 rings (SSSR count). The Bertz CT molecular complexity index is 190. The van der Waals surface area contributed by atoms with Gasteiger partial charge in [0.25, 0.3) is 0 Å². The van der Waals surface area contributed by atoms with E-state index < -0.39 is 17.9 Å². The highest BCUT2D eigenvalue weighted by Gasteiger charge is 2.20. The van der Waals surface area contributed by atoms with Crippen LogP contribution >= 0.6 is 0 Å². The molecule has 0 saturated carbocycles. The molecule has 12 heavy (non-hydrogen) atoms. The van der Waals surface area contributed by atoms with Gasteiger partial charge in [-0.2, -0.15) is 0 Å². The largest absolute Gasteiger partial charge is 0.469 e. The van der Waals surface area contributed by atoms with Crippen LogP contribution in [0, 0.1) is 11.3 Å². The summed E-state index contributed by atoms with van der Waals surface area (Å²) in [7, 11) is 2.43. The van der Waals surface area contributed by atoms with Crippen LogP contribution in [0.2, 0.25) is 0 Å². The van der Waals surface area contributed by atoms with Crippen molar-refractivity contribution < 1.29 is 19.1 Å². The zero-order chi connectivity index (χ0) is 9.56. The Morgan fingerprint density at radius 3 is 2.33 bits per heavy atom. The molecule has 1 N–H and O–H groups in total. The van der Waals surface area contributed by atoms with Crippen molar-refractivity contribution in [3.05, 3.63) is 0 Å². The van der Waals surface area contributed by atoms with E-state index >= 15 is 0 Å². The average molecular weight is 173 g/mol. The molecule has 0 fully saturated rings. The van der Waals surface area contributed by atoms with Crippen LogP contribution in [0.15, 0.2) is 0 Å². The normalized spacial score (nSPS) is 11.5. The molecule has 5 heteroatoms. The van der Waals surface area contributed by atoms with Gasteiger partial charge in [0.2, 0.25) is 0 Å². The molecule has 0 heterocycles. The van der Waals surface area contributed by atoms with Crippen molar-refractivity contribution in [3.8, 4) is 0 Å². The summed E-state index contributed by atoms with van der Waals surface area (Å²) in [5.74, 6) is -1.97. The van der Waals surface area contributed by atoms with Crippen molar-refractivity contribution in [1.82, 2.24) is 0 Å². The molecular formula is C7H11NO4. The van der Waals surface area contributed by atoms with E-state index in [1.807, 2.05) is 0 Å². The van der Waals surface area contributed by atoms with Gasteiger partial charge in [-0.3, -0.25) is 9.59 Å². The maximum absolute atomic E-state index is 10.8. The van der Waals surface area contributed by atoms with Gasteiger partial charge in [-0.1, -0.05) is 0 Å². The molecule has 0 aromatic heterocycles. The Morgan fingerprint density at radius 2 is 2.00 bits per heavy atom. The van der Waals surface area contributed by atoms with E-state index in [0.29, 0.717) is 0 Å². The molecule has 0 aliphatic heterocycles. The van der Waals surface area contributed by atoms with E-state index in [9.17, 15) is 9.59 Å². The predicted molar refractivity (Wildman–Crippen MR) is 40.9 cm³/mol. The molecule has 1 atom stereocenters. The fraction of sp³-hybridized carbons (Fsp3) is 0.571. The number of carbonyl (C=O) groups is 2. The first-order chi connectivity index (χ1) is 5.65. The van der Waals surface area contributed by atoms with Gasteiger partial charge in [-0.15, -0.1) is 0 Å². The van der Waals surface area contributed by atoms with Gasteiger partial charge in [-0.25, -0.2) is 0 Å². The Kier molecular flexibility index (Phi) is 4.67. The molecule has 0 radical (unpaired) electrons. The number of methoxy groups -OCH3 is 2. The molecular weight excluding hydrogens is 162 g/mol. The summed E-state index contributed by atoms with van der Waals surface area (Å²) in [6, 6.07) is 0. The fourth-order valence-corrected chi connectivity index (χ4v) is 0.625. The zero-order valence-electron chi connectivity index (χ0n) is 6.99. The lowest BCUT2D eigenvalue weighted by atomic mass is 10.1. The second-order valence-electron chi connectivity index (χ2n) is 2.08. The van der Waals surface area contributed by atoms with E-state index in [1.165, 1.54) is 14.2 Å². The molecule has 0 aromatic carbocycles. The zero-order valence-corrected chi connectivity index (χ0v) is 6.99. The predicted octanol–water partition coefficient (Wildman–Crippen LogP) is -0.0117. The maximum atomic E-state index is 10.8. The summed E-state index contributed by atoms with van der Waals surface area (Å²) in [6.45, 7) is 0. The van der Waals surface area contributed by atoms with E-state index in [-0.39, 0.29) is 6.42 Å². The van der Waals surface area contributed by atoms with Crippen LogP contribution in [0.3, 0.4) is 0 Å². The van der Waals surface area contributed by atoms with E-state index in [4.69, 9.17) is 5.41 Å². The first-order valence-electron chi connectivity index (χ1n) is 3.31. The Morgan fingerprint density at radius 1 is 1.42 bits per heavy atom. The van der Waals surface area contributed by atoms with Gasteiger partial charge in [0, 0.05) is 6.21 Å². The fourth-order valence-electron chi connectivity index (χ4n) is 0.625. The lowest BCUT2D eigenvalue weighted by molar-refractivity contribution is -0.149. The molecule has 0 amide bonds. The van der Waals surface area contributed by atoms with Crippen LogP contribution < -0.4 is 0 Å². The third-order valence-corrected chi connectivity index (χ3v) is 1.32. The summed E-state index contributed by atoms with van der Waals surface area (Å²) < 4.78 is 8.68. The Labute approximate surface area is 70.2 Å². The monoisotopic (exact) mass is 173 g/mol. The van der Waals surface area contributed by atoms with Crippen LogP contribution in [-0.2, 0) is 19.1 Å². The number of carbonyl (C=O) groups excluding carboxylic acids is 2. The highest BCUT2D eigenvalue weighted by molar-refractivity contribution is 5.92. The lowest BCUT2D eigenvalue weighted by Gasteiger charge is -2.06.